The highest BCUT2D eigenvalue weighted by Gasteiger charge is 2.26. The lowest BCUT2D eigenvalue weighted by atomic mass is 10.2. The van der Waals surface area contributed by atoms with Crippen LogP contribution in [-0.4, -0.2) is 46.9 Å². The molecular formula is C27H24N4O7S. The summed E-state index contributed by atoms with van der Waals surface area (Å²) in [6.07, 6.45) is 0.663. The van der Waals surface area contributed by atoms with Crippen molar-refractivity contribution in [2.45, 2.75) is 20.3 Å². The Labute approximate surface area is 226 Å². The molecule has 0 aliphatic carbocycles. The lowest BCUT2D eigenvalue weighted by molar-refractivity contribution is 0.0504. The van der Waals surface area contributed by atoms with E-state index in [1.165, 1.54) is 43.5 Å². The van der Waals surface area contributed by atoms with Gasteiger partial charge in [0.2, 0.25) is 0 Å². The van der Waals surface area contributed by atoms with E-state index in [9.17, 15) is 24.0 Å². The summed E-state index contributed by atoms with van der Waals surface area (Å²) >= 11 is 0.878. The van der Waals surface area contributed by atoms with Crippen LogP contribution < -0.4 is 16.2 Å². The highest BCUT2D eigenvalue weighted by molar-refractivity contribution is 7.19. The van der Waals surface area contributed by atoms with Gasteiger partial charge in [0.25, 0.3) is 17.4 Å². The zero-order valence-electron chi connectivity index (χ0n) is 21.3. The van der Waals surface area contributed by atoms with Gasteiger partial charge in [-0.3, -0.25) is 14.4 Å². The predicted molar refractivity (Wildman–Crippen MR) is 145 cm³/mol. The summed E-state index contributed by atoms with van der Waals surface area (Å²) in [5.41, 5.74) is 0.836. The molecule has 2 N–H and O–H groups in total. The maximum absolute atomic E-state index is 13.5. The highest BCUT2D eigenvalue weighted by Crippen LogP contribution is 2.24. The van der Waals surface area contributed by atoms with Gasteiger partial charge in [-0.05, 0) is 55.8 Å². The number of rotatable bonds is 8. The Morgan fingerprint density at radius 3 is 2.33 bits per heavy atom. The minimum absolute atomic E-state index is 0.0572. The number of methoxy groups -OCH3 is 1. The number of amides is 2. The van der Waals surface area contributed by atoms with Crippen molar-refractivity contribution in [1.82, 2.24) is 9.38 Å². The number of nitrogens with zero attached hydrogens (tertiary/aromatic N) is 2. The van der Waals surface area contributed by atoms with Crippen LogP contribution in [0, 0.1) is 6.92 Å². The largest absolute Gasteiger partial charge is 0.465 e. The fourth-order valence-corrected chi connectivity index (χ4v) is 4.70. The molecule has 12 heteroatoms. The van der Waals surface area contributed by atoms with Gasteiger partial charge in [0, 0.05) is 23.1 Å². The lowest BCUT2D eigenvalue weighted by Crippen LogP contribution is -2.25. The normalized spacial score (nSPS) is 10.6. The molecule has 11 nitrogen and oxygen atoms in total. The van der Waals surface area contributed by atoms with Crippen molar-refractivity contribution >= 4 is 51.4 Å². The van der Waals surface area contributed by atoms with E-state index in [0.717, 1.165) is 15.7 Å². The van der Waals surface area contributed by atoms with Crippen molar-refractivity contribution in [3.63, 3.8) is 0 Å². The number of anilines is 2. The van der Waals surface area contributed by atoms with Crippen LogP contribution in [0.3, 0.4) is 0 Å². The molecule has 39 heavy (non-hydrogen) atoms. The number of hydrogen-bond acceptors (Lipinski definition) is 9. The van der Waals surface area contributed by atoms with E-state index in [-0.39, 0.29) is 33.4 Å². The number of aromatic nitrogens is 2. The number of esters is 2. The fraction of sp³-hybridized carbons (Fsp3) is 0.185. The standard InChI is InChI=1S/C27H24N4O7S/c1-4-12-38-26(36)17-6-5-7-19(14-17)30-23(33)21-22(39-27-28-15(2)13-20(32)31(21)27)24(34)29-18-10-8-16(9-11-18)25(35)37-3/h5-11,13-14H,4,12H2,1-3H3,(H,29,34)(H,30,33). The first-order valence-electron chi connectivity index (χ1n) is 11.8. The SMILES string of the molecule is CCCOC(=O)c1cccc(NC(=O)c2c(C(=O)Nc3ccc(C(=O)OC)cc3)sc3nc(C)cc(=O)n23)c1. The molecule has 0 unspecified atom stereocenters. The molecule has 200 valence electrons. The van der Waals surface area contributed by atoms with Crippen LogP contribution in [0.2, 0.25) is 0 Å². The molecule has 2 aromatic heterocycles. The number of fused-ring (bicyclic) bond motifs is 1. The summed E-state index contributed by atoms with van der Waals surface area (Å²) in [6, 6.07) is 13.4. The third-order valence-corrected chi connectivity index (χ3v) is 6.47. The summed E-state index contributed by atoms with van der Waals surface area (Å²) in [7, 11) is 1.26. The molecule has 0 aliphatic heterocycles. The van der Waals surface area contributed by atoms with Gasteiger partial charge in [-0.1, -0.05) is 24.3 Å². The van der Waals surface area contributed by atoms with Crippen molar-refractivity contribution in [2.24, 2.45) is 0 Å². The first-order chi connectivity index (χ1) is 18.7. The van der Waals surface area contributed by atoms with Crippen molar-refractivity contribution in [3.05, 3.63) is 92.3 Å². The van der Waals surface area contributed by atoms with E-state index in [0.29, 0.717) is 23.4 Å². The molecule has 2 heterocycles. The Hall–Kier alpha value is -4.84. The average molecular weight is 549 g/mol. The van der Waals surface area contributed by atoms with E-state index in [2.05, 4.69) is 20.4 Å². The zero-order valence-corrected chi connectivity index (χ0v) is 22.1. The summed E-state index contributed by atoms with van der Waals surface area (Å²) in [4.78, 5) is 68.0. The summed E-state index contributed by atoms with van der Waals surface area (Å²) < 4.78 is 10.9. The van der Waals surface area contributed by atoms with Crippen LogP contribution in [0.1, 0.15) is 59.9 Å². The molecule has 2 amide bonds. The zero-order chi connectivity index (χ0) is 28.1. The number of benzene rings is 2. The van der Waals surface area contributed by atoms with Crippen LogP contribution in [0.15, 0.2) is 59.4 Å². The first-order valence-corrected chi connectivity index (χ1v) is 12.6. The Balaban J connectivity index is 1.68. The number of ether oxygens (including phenoxy) is 2. The molecule has 0 radical (unpaired) electrons. The smallest absolute Gasteiger partial charge is 0.338 e. The van der Waals surface area contributed by atoms with Crippen molar-refractivity contribution in [1.29, 1.82) is 0 Å². The maximum Gasteiger partial charge on any atom is 0.338 e. The average Bonchev–Trinajstić information content (AvgIpc) is 3.32. The highest BCUT2D eigenvalue weighted by atomic mass is 32.1. The van der Waals surface area contributed by atoms with Gasteiger partial charge in [-0.25, -0.2) is 19.0 Å². The van der Waals surface area contributed by atoms with Crippen molar-refractivity contribution < 1.29 is 28.7 Å². The molecule has 4 rings (SSSR count). The van der Waals surface area contributed by atoms with Gasteiger partial charge in [-0.15, -0.1) is 0 Å². The molecule has 4 aromatic rings. The van der Waals surface area contributed by atoms with E-state index < -0.39 is 29.3 Å². The molecule has 0 aliphatic rings. The minimum Gasteiger partial charge on any atom is -0.465 e. The fourth-order valence-electron chi connectivity index (χ4n) is 3.63. The predicted octanol–water partition coefficient (Wildman–Crippen LogP) is 3.92. The molecular weight excluding hydrogens is 524 g/mol. The Morgan fingerprint density at radius 1 is 0.923 bits per heavy atom. The van der Waals surface area contributed by atoms with Crippen molar-refractivity contribution in [3.8, 4) is 0 Å². The second-order valence-electron chi connectivity index (χ2n) is 8.33. The lowest BCUT2D eigenvalue weighted by Gasteiger charge is -2.10. The van der Waals surface area contributed by atoms with Crippen LogP contribution in [0.5, 0.6) is 0 Å². The molecule has 0 atom stereocenters. The van der Waals surface area contributed by atoms with Crippen molar-refractivity contribution in [2.75, 3.05) is 24.4 Å². The maximum atomic E-state index is 13.5. The van der Waals surface area contributed by atoms with Crippen LogP contribution >= 0.6 is 11.3 Å². The van der Waals surface area contributed by atoms with Gasteiger partial charge >= 0.3 is 11.9 Å². The molecule has 2 aromatic carbocycles. The number of nitrogens with one attached hydrogen (secondary N) is 2. The Bertz CT molecular complexity index is 1640. The summed E-state index contributed by atoms with van der Waals surface area (Å²) in [5, 5.41) is 5.33. The number of aryl methyl sites for hydroxylation is 1. The van der Waals surface area contributed by atoms with Gasteiger partial charge in [0.15, 0.2) is 4.96 Å². The van der Waals surface area contributed by atoms with E-state index in [1.807, 2.05) is 6.92 Å². The number of thiazole rings is 1. The van der Waals surface area contributed by atoms with E-state index in [1.54, 1.807) is 25.1 Å². The monoisotopic (exact) mass is 548 g/mol. The topological polar surface area (TPSA) is 145 Å². The second kappa shape index (κ2) is 11.7. The number of hydrogen-bond donors (Lipinski definition) is 2. The van der Waals surface area contributed by atoms with Crippen LogP contribution in [0.25, 0.3) is 4.96 Å². The summed E-state index contributed by atoms with van der Waals surface area (Å²) in [6.45, 7) is 3.76. The summed E-state index contributed by atoms with van der Waals surface area (Å²) in [5.74, 6) is -2.47. The Kier molecular flexibility index (Phi) is 8.15. The van der Waals surface area contributed by atoms with E-state index in [4.69, 9.17) is 4.74 Å². The van der Waals surface area contributed by atoms with Gasteiger partial charge in [0.1, 0.15) is 10.6 Å². The Morgan fingerprint density at radius 2 is 1.64 bits per heavy atom. The molecule has 0 spiro atoms. The number of carbonyl (C=O) groups is 4. The third-order valence-electron chi connectivity index (χ3n) is 5.43. The van der Waals surface area contributed by atoms with Crippen LogP contribution in [0.4, 0.5) is 11.4 Å². The first kappa shape index (κ1) is 27.2. The third kappa shape index (κ3) is 6.02. The molecule has 0 saturated heterocycles. The van der Waals surface area contributed by atoms with E-state index >= 15 is 0 Å². The van der Waals surface area contributed by atoms with Gasteiger partial charge in [0.05, 0.1) is 24.8 Å². The molecule has 0 saturated carbocycles. The van der Waals surface area contributed by atoms with Gasteiger partial charge in [-0.2, -0.15) is 0 Å². The van der Waals surface area contributed by atoms with Gasteiger partial charge < -0.3 is 20.1 Å². The molecule has 0 bridgehead atoms. The van der Waals surface area contributed by atoms with Crippen LogP contribution in [-0.2, 0) is 9.47 Å². The quantitative estimate of drug-likeness (QED) is 0.315. The number of carbonyl (C=O) groups excluding carboxylic acids is 4. The minimum atomic E-state index is -0.751. The second-order valence-corrected chi connectivity index (χ2v) is 9.30. The molecule has 0 fully saturated rings.